The van der Waals surface area contributed by atoms with E-state index in [0.29, 0.717) is 11.5 Å². The molecule has 0 saturated heterocycles. The number of amides is 3. The number of ether oxygens (including phenoxy) is 1. The number of aromatic nitrogens is 2. The zero-order valence-corrected chi connectivity index (χ0v) is 21.1. The number of carbonyl (C=O) groups excluding carboxylic acids is 3. The third-order valence-electron chi connectivity index (χ3n) is 4.60. The summed E-state index contributed by atoms with van der Waals surface area (Å²) in [6.07, 6.45) is -0.337. The van der Waals surface area contributed by atoms with Crippen LogP contribution in [0.15, 0.2) is 5.16 Å². The summed E-state index contributed by atoms with van der Waals surface area (Å²) in [6.45, 7) is 6.97. The lowest BCUT2D eigenvalue weighted by atomic mass is 10.0. The molecule has 3 heterocycles. The van der Waals surface area contributed by atoms with Crippen LogP contribution >= 0.6 is 23.3 Å². The van der Waals surface area contributed by atoms with Gasteiger partial charge in [-0.25, -0.2) is 14.4 Å². The van der Waals surface area contributed by atoms with E-state index in [1.54, 1.807) is 20.8 Å². The summed E-state index contributed by atoms with van der Waals surface area (Å²) in [7, 11) is 0. The Kier molecular flexibility index (Phi) is 7.94. The molecule has 2 aliphatic rings. The molecule has 1 aromatic heterocycles. The van der Waals surface area contributed by atoms with Gasteiger partial charge in [0.25, 0.3) is 17.0 Å². The minimum absolute atomic E-state index is 0.0407. The van der Waals surface area contributed by atoms with Crippen molar-refractivity contribution in [2.75, 3.05) is 18.9 Å². The molecule has 35 heavy (non-hydrogen) atoms. The molecule has 16 heteroatoms. The van der Waals surface area contributed by atoms with Crippen molar-refractivity contribution in [2.24, 2.45) is 5.16 Å². The van der Waals surface area contributed by atoms with Crippen molar-refractivity contribution in [3.05, 3.63) is 5.82 Å². The Labute approximate surface area is 208 Å². The summed E-state index contributed by atoms with van der Waals surface area (Å²) < 4.78 is 10.3. The van der Waals surface area contributed by atoms with Gasteiger partial charge in [0.2, 0.25) is 17.6 Å². The number of nitrogens with two attached hydrogens (primary N) is 1. The molecule has 1 aromatic rings. The van der Waals surface area contributed by atoms with Crippen molar-refractivity contribution in [2.45, 2.75) is 57.1 Å². The number of carboxylic acids is 1. The topological polar surface area (TPSA) is 198 Å². The lowest BCUT2D eigenvalue weighted by molar-refractivity contribution is -0.496. The molecule has 0 saturated carbocycles. The molecule has 3 amide bonds. The number of oxime groups is 1. The largest absolute Gasteiger partial charge is 0.476 e. The molecule has 0 aliphatic carbocycles. The molecule has 3 rings (SSSR count). The van der Waals surface area contributed by atoms with Crippen LogP contribution in [-0.4, -0.2) is 89.8 Å². The highest BCUT2D eigenvalue weighted by atomic mass is 32.2. The SMILES string of the molecule is CC1CC(C(=O)O)[N+]2=C(S1)C(NC(=O)C(=NOCCNC(=O)OC(C)(C)C)c1nsc(N)n1)C2=O. The number of alkyl carbamates (subject to hydrolysis) is 1. The second-order valence-corrected chi connectivity index (χ2v) is 10.9. The zero-order valence-electron chi connectivity index (χ0n) is 19.4. The van der Waals surface area contributed by atoms with E-state index in [2.05, 4.69) is 25.1 Å². The molecule has 5 N–H and O–H groups in total. The van der Waals surface area contributed by atoms with Crippen LogP contribution < -0.4 is 16.4 Å². The highest BCUT2D eigenvalue weighted by Gasteiger charge is 2.59. The number of nitrogens with one attached hydrogen (secondary N) is 2. The first kappa shape index (κ1) is 26.3. The van der Waals surface area contributed by atoms with Crippen molar-refractivity contribution in [3.63, 3.8) is 0 Å². The van der Waals surface area contributed by atoms with E-state index in [-0.39, 0.29) is 35.1 Å². The van der Waals surface area contributed by atoms with Crippen LogP contribution in [-0.2, 0) is 24.0 Å². The van der Waals surface area contributed by atoms with Crippen molar-refractivity contribution in [1.29, 1.82) is 0 Å². The Balaban J connectivity index is 1.67. The number of nitrogens with zero attached hydrogens (tertiary/aromatic N) is 4. The molecule has 3 atom stereocenters. The number of nitrogen functional groups attached to an aromatic ring is 1. The highest BCUT2D eigenvalue weighted by Crippen LogP contribution is 2.32. The average molecular weight is 529 g/mol. The molecular formula is C19H26N7O7S2+. The molecule has 3 unspecified atom stereocenters. The molecule has 14 nitrogen and oxygen atoms in total. The first-order chi connectivity index (χ1) is 16.4. The van der Waals surface area contributed by atoms with E-state index in [1.165, 1.54) is 16.3 Å². The maximum absolute atomic E-state index is 13.0. The number of carboxylic acid groups (broad SMARTS) is 1. The van der Waals surface area contributed by atoms with E-state index >= 15 is 0 Å². The second kappa shape index (κ2) is 10.6. The first-order valence-corrected chi connectivity index (χ1v) is 12.2. The Morgan fingerprint density at radius 2 is 2.06 bits per heavy atom. The molecule has 0 spiro atoms. The normalized spacial score (nSPS) is 22.1. The maximum atomic E-state index is 13.0. The van der Waals surface area contributed by atoms with Gasteiger partial charge in [-0.15, -0.1) is 4.58 Å². The Morgan fingerprint density at radius 3 is 2.66 bits per heavy atom. The van der Waals surface area contributed by atoms with Gasteiger partial charge in [-0.1, -0.05) is 23.8 Å². The van der Waals surface area contributed by atoms with Crippen LogP contribution in [0.2, 0.25) is 0 Å². The molecule has 0 radical (unpaired) electrons. The van der Waals surface area contributed by atoms with Crippen molar-refractivity contribution in [1.82, 2.24) is 20.0 Å². The second-order valence-electron chi connectivity index (χ2n) is 8.63. The molecular weight excluding hydrogens is 502 g/mol. The van der Waals surface area contributed by atoms with E-state index in [1.807, 2.05) is 6.92 Å². The zero-order chi connectivity index (χ0) is 25.9. The van der Waals surface area contributed by atoms with Crippen LogP contribution in [0.3, 0.4) is 0 Å². The highest BCUT2D eigenvalue weighted by molar-refractivity contribution is 8.14. The molecule has 0 bridgehead atoms. The van der Waals surface area contributed by atoms with Gasteiger partial charge in [0.15, 0.2) is 5.13 Å². The van der Waals surface area contributed by atoms with Crippen LogP contribution in [0.25, 0.3) is 0 Å². The van der Waals surface area contributed by atoms with E-state index in [0.717, 1.165) is 11.5 Å². The van der Waals surface area contributed by atoms with Gasteiger partial charge in [0.05, 0.1) is 6.54 Å². The lowest BCUT2D eigenvalue weighted by Gasteiger charge is -2.32. The Morgan fingerprint density at radius 1 is 1.34 bits per heavy atom. The van der Waals surface area contributed by atoms with Crippen molar-refractivity contribution in [3.8, 4) is 0 Å². The van der Waals surface area contributed by atoms with Crippen LogP contribution in [0.4, 0.5) is 9.93 Å². The summed E-state index contributed by atoms with van der Waals surface area (Å²) in [5.41, 5.74) is 4.63. The third-order valence-corrected chi connectivity index (χ3v) is 6.42. The first-order valence-electron chi connectivity index (χ1n) is 10.5. The van der Waals surface area contributed by atoms with E-state index in [4.69, 9.17) is 15.3 Å². The van der Waals surface area contributed by atoms with Crippen LogP contribution in [0.5, 0.6) is 0 Å². The fraction of sp³-hybridized carbons (Fsp3) is 0.579. The lowest BCUT2D eigenvalue weighted by Crippen LogP contribution is -2.67. The Hall–Kier alpha value is -3.27. The predicted molar refractivity (Wildman–Crippen MR) is 126 cm³/mol. The maximum Gasteiger partial charge on any atom is 0.422 e. The van der Waals surface area contributed by atoms with Gasteiger partial charge in [-0.3, -0.25) is 4.79 Å². The minimum Gasteiger partial charge on any atom is -0.476 e. The number of carbonyl (C=O) groups is 4. The number of anilines is 1. The average Bonchev–Trinajstić information content (AvgIpc) is 3.18. The van der Waals surface area contributed by atoms with Crippen molar-refractivity contribution < 1.29 is 38.4 Å². The number of thioether (sulfide) groups is 1. The van der Waals surface area contributed by atoms with Gasteiger partial charge < -0.3 is 31.0 Å². The number of rotatable bonds is 8. The third kappa shape index (κ3) is 6.45. The number of hydrogen-bond acceptors (Lipinski definition) is 12. The van der Waals surface area contributed by atoms with E-state index < -0.39 is 41.6 Å². The fourth-order valence-corrected chi connectivity index (χ4v) is 4.96. The fourth-order valence-electron chi connectivity index (χ4n) is 3.20. The molecule has 0 fully saturated rings. The van der Waals surface area contributed by atoms with Crippen LogP contribution in [0, 0.1) is 0 Å². The van der Waals surface area contributed by atoms with Crippen molar-refractivity contribution >= 4 is 63.1 Å². The monoisotopic (exact) mass is 528 g/mol. The van der Waals surface area contributed by atoms with Crippen LogP contribution in [0.1, 0.15) is 39.9 Å². The summed E-state index contributed by atoms with van der Waals surface area (Å²) >= 11 is 2.17. The smallest absolute Gasteiger partial charge is 0.422 e. The summed E-state index contributed by atoms with van der Waals surface area (Å²) in [4.78, 5) is 57.9. The van der Waals surface area contributed by atoms with Gasteiger partial charge >= 0.3 is 18.0 Å². The summed E-state index contributed by atoms with van der Waals surface area (Å²) in [6, 6.07) is -2.00. The van der Waals surface area contributed by atoms with Gasteiger partial charge in [0, 0.05) is 23.2 Å². The standard InChI is InChI=1S/C19H25N7O7S2/c1-8-7-9(16(29)30)26-14(28)11(15(26)34-8)22-13(27)10(12-23-17(20)35-25-12)24-32-6-5-21-18(31)33-19(2,3)4/h8-9,11H,5-7H2,1-4H3,(H4-,20,21,22,23,25,27,29,30,31)/p+1. The molecule has 2 aliphatic heterocycles. The quantitative estimate of drug-likeness (QED) is 0.150. The number of aliphatic carboxylic acids is 1. The summed E-state index contributed by atoms with van der Waals surface area (Å²) in [5, 5.41) is 18.7. The molecule has 0 aromatic carbocycles. The van der Waals surface area contributed by atoms with Gasteiger partial charge in [-0.05, 0) is 20.8 Å². The minimum atomic E-state index is -1.11. The Bertz CT molecular complexity index is 1100. The van der Waals surface area contributed by atoms with E-state index in [9.17, 15) is 24.3 Å². The predicted octanol–water partition coefficient (Wildman–Crippen LogP) is -0.220. The molecule has 190 valence electrons. The van der Waals surface area contributed by atoms with Gasteiger partial charge in [0.1, 0.15) is 12.2 Å². The summed E-state index contributed by atoms with van der Waals surface area (Å²) in [5.74, 6) is -2.55. The van der Waals surface area contributed by atoms with Gasteiger partial charge in [-0.2, -0.15) is 9.36 Å². The number of hydrogen-bond donors (Lipinski definition) is 4.